The molecule has 0 radical (unpaired) electrons. The Morgan fingerprint density at radius 1 is 0.402 bits per heavy atom. The maximum absolute atomic E-state index is 13.4. The molecule has 0 aliphatic carbocycles. The molecule has 17 atom stereocenters. The average Bonchev–Trinajstić information content (AvgIpc) is 0.830. The standard InChI is InChI=1S/C73H131NO18/c1-3-5-7-9-11-13-15-17-18-19-20-21-22-23-24-25-26-27-28-29-30-31-32-33-34-35-36-37-38-39-41-43-45-47-49-51-61(79)74-56(57(78)50-48-46-44-42-40-16-14-12-10-8-6-4-2)55-87-71-67(85)64(82)69(59(53-76)89-71)92-73-68(86)65(83)70(60(54-77)90-73)91-72-66(84)63(81)62(80)58(52-75)88-72/h5,7,11,13,17-18,20-21,23-24,56-60,62-73,75-78,80-86H,3-4,6,8-10,12,14-16,19,22,25-55H2,1-2H3,(H,74,79)/b7-5-,13-11-,18-17-,21-20-,24-23-. The summed E-state index contributed by atoms with van der Waals surface area (Å²) >= 11 is 0. The summed E-state index contributed by atoms with van der Waals surface area (Å²) < 4.78 is 34.4. The number of allylic oxidation sites excluding steroid dienone is 10. The molecular weight excluding hydrogens is 1180 g/mol. The zero-order valence-electron chi connectivity index (χ0n) is 56.8. The van der Waals surface area contributed by atoms with Gasteiger partial charge in [0, 0.05) is 6.42 Å². The molecule has 0 spiro atoms. The van der Waals surface area contributed by atoms with E-state index in [0.717, 1.165) is 77.0 Å². The lowest BCUT2D eigenvalue weighted by molar-refractivity contribution is -0.379. The Morgan fingerprint density at radius 3 is 1.17 bits per heavy atom. The Labute approximate surface area is 554 Å². The molecule has 0 aromatic rings. The SMILES string of the molecule is CC/C=C\C/C=C\C/C=C\C/C=C\C/C=C\CCCCCCCCCCCCCCCCCCCCCC(=O)NC(COC1OC(CO)C(OC2OC(CO)C(OC3OC(CO)C(O)C(O)C3O)C(O)C2O)C(O)C1O)C(O)CCCCCCCCCCCCCC. The molecule has 19 nitrogen and oxygen atoms in total. The van der Waals surface area contributed by atoms with Crippen molar-refractivity contribution in [3.8, 4) is 0 Å². The van der Waals surface area contributed by atoms with Crippen molar-refractivity contribution in [1.82, 2.24) is 5.32 Å². The van der Waals surface area contributed by atoms with Gasteiger partial charge in [-0.3, -0.25) is 4.79 Å². The van der Waals surface area contributed by atoms with E-state index in [4.69, 9.17) is 28.4 Å². The number of nitrogens with one attached hydrogen (secondary N) is 1. The molecule has 536 valence electrons. The van der Waals surface area contributed by atoms with Gasteiger partial charge in [-0.2, -0.15) is 0 Å². The average molecular weight is 1310 g/mol. The Kier molecular flexibility index (Phi) is 49.6. The summed E-state index contributed by atoms with van der Waals surface area (Å²) in [6.45, 7) is 1.68. The van der Waals surface area contributed by atoms with Gasteiger partial charge in [0.05, 0.1) is 38.6 Å². The van der Waals surface area contributed by atoms with Gasteiger partial charge in [-0.1, -0.05) is 261 Å². The number of hydrogen-bond donors (Lipinski definition) is 12. The number of amides is 1. The summed E-state index contributed by atoms with van der Waals surface area (Å²) in [5.41, 5.74) is 0. The summed E-state index contributed by atoms with van der Waals surface area (Å²) in [5, 5.41) is 121. The number of aliphatic hydroxyl groups excluding tert-OH is 11. The predicted octanol–water partition coefficient (Wildman–Crippen LogP) is 10.3. The van der Waals surface area contributed by atoms with E-state index in [0.29, 0.717) is 12.8 Å². The van der Waals surface area contributed by atoms with Crippen LogP contribution in [0.2, 0.25) is 0 Å². The number of aliphatic hydroxyl groups is 11. The van der Waals surface area contributed by atoms with Crippen molar-refractivity contribution in [1.29, 1.82) is 0 Å². The molecule has 3 saturated heterocycles. The number of carbonyl (C=O) groups excluding carboxylic acids is 1. The van der Waals surface area contributed by atoms with Gasteiger partial charge < -0.3 is 89.9 Å². The fourth-order valence-electron chi connectivity index (χ4n) is 12.2. The van der Waals surface area contributed by atoms with Crippen LogP contribution in [0.15, 0.2) is 60.8 Å². The maximum atomic E-state index is 13.4. The number of rotatable bonds is 56. The molecule has 0 bridgehead atoms. The van der Waals surface area contributed by atoms with Gasteiger partial charge in [-0.15, -0.1) is 0 Å². The topological polar surface area (TPSA) is 307 Å². The van der Waals surface area contributed by atoms with Crippen LogP contribution < -0.4 is 5.32 Å². The van der Waals surface area contributed by atoms with E-state index in [9.17, 15) is 61.0 Å². The molecule has 0 aromatic heterocycles. The molecule has 92 heavy (non-hydrogen) atoms. The summed E-state index contributed by atoms with van der Waals surface area (Å²) in [7, 11) is 0. The van der Waals surface area contributed by atoms with Gasteiger partial charge >= 0.3 is 0 Å². The Hall–Kier alpha value is -2.51. The monoisotopic (exact) mass is 1310 g/mol. The molecule has 3 heterocycles. The Bertz CT molecular complexity index is 1900. The summed E-state index contributed by atoms with van der Waals surface area (Å²) in [6.07, 6.45) is 40.4. The number of hydrogen-bond acceptors (Lipinski definition) is 18. The largest absolute Gasteiger partial charge is 0.394 e. The van der Waals surface area contributed by atoms with Crippen molar-refractivity contribution in [3.05, 3.63) is 60.8 Å². The van der Waals surface area contributed by atoms with Gasteiger partial charge in [0.2, 0.25) is 5.91 Å². The van der Waals surface area contributed by atoms with Crippen LogP contribution >= 0.6 is 0 Å². The first-order chi connectivity index (χ1) is 44.8. The third-order valence-electron chi connectivity index (χ3n) is 18.1. The van der Waals surface area contributed by atoms with Gasteiger partial charge in [0.15, 0.2) is 18.9 Å². The van der Waals surface area contributed by atoms with Crippen LogP contribution in [0, 0.1) is 0 Å². The molecule has 17 unspecified atom stereocenters. The highest BCUT2D eigenvalue weighted by Gasteiger charge is 2.53. The molecule has 0 saturated carbocycles. The highest BCUT2D eigenvalue weighted by Crippen LogP contribution is 2.33. The summed E-state index contributed by atoms with van der Waals surface area (Å²) in [5.74, 6) is -0.242. The summed E-state index contributed by atoms with van der Waals surface area (Å²) in [6, 6.07) is -0.886. The van der Waals surface area contributed by atoms with E-state index in [2.05, 4.69) is 79.9 Å². The molecular formula is C73H131NO18. The first-order valence-electron chi connectivity index (χ1n) is 36.5. The molecule has 19 heteroatoms. The third kappa shape index (κ3) is 35.7. The maximum Gasteiger partial charge on any atom is 0.220 e. The van der Waals surface area contributed by atoms with Crippen molar-refractivity contribution in [2.24, 2.45) is 0 Å². The van der Waals surface area contributed by atoms with E-state index in [-0.39, 0.29) is 18.9 Å². The minimum absolute atomic E-state index is 0.242. The minimum atomic E-state index is -1.97. The van der Waals surface area contributed by atoms with Crippen LogP contribution in [-0.4, -0.2) is 193 Å². The molecule has 12 N–H and O–H groups in total. The van der Waals surface area contributed by atoms with Crippen molar-refractivity contribution < 1.29 is 89.4 Å². The number of carbonyl (C=O) groups is 1. The molecule has 0 aromatic carbocycles. The predicted molar refractivity (Wildman–Crippen MR) is 360 cm³/mol. The smallest absolute Gasteiger partial charge is 0.220 e. The highest BCUT2D eigenvalue weighted by atomic mass is 16.8. The number of unbranched alkanes of at least 4 members (excludes halogenated alkanes) is 30. The van der Waals surface area contributed by atoms with Crippen LogP contribution in [-0.2, 0) is 33.2 Å². The second kappa shape index (κ2) is 54.5. The van der Waals surface area contributed by atoms with Crippen LogP contribution in [0.5, 0.6) is 0 Å². The second-order valence-corrected chi connectivity index (χ2v) is 26.0. The zero-order valence-corrected chi connectivity index (χ0v) is 56.8. The normalized spacial score (nSPS) is 28.0. The van der Waals surface area contributed by atoms with Crippen LogP contribution in [0.4, 0.5) is 0 Å². The van der Waals surface area contributed by atoms with Crippen molar-refractivity contribution in [3.63, 3.8) is 0 Å². The van der Waals surface area contributed by atoms with E-state index in [1.165, 1.54) is 154 Å². The molecule has 3 aliphatic heterocycles. The second-order valence-electron chi connectivity index (χ2n) is 26.0. The molecule has 3 fully saturated rings. The first kappa shape index (κ1) is 83.7. The van der Waals surface area contributed by atoms with Crippen LogP contribution in [0.3, 0.4) is 0 Å². The molecule has 3 aliphatic rings. The van der Waals surface area contributed by atoms with Gasteiger partial charge in [0.25, 0.3) is 0 Å². The lowest BCUT2D eigenvalue weighted by atomic mass is 9.96. The fraction of sp³-hybridized carbons (Fsp3) is 0.849. The number of ether oxygens (including phenoxy) is 6. The van der Waals surface area contributed by atoms with Crippen molar-refractivity contribution in [2.45, 2.75) is 369 Å². The lowest BCUT2D eigenvalue weighted by Crippen LogP contribution is -2.66. The Morgan fingerprint density at radius 2 is 0.750 bits per heavy atom. The first-order valence-corrected chi connectivity index (χ1v) is 36.5. The van der Waals surface area contributed by atoms with Gasteiger partial charge in [-0.25, -0.2) is 0 Å². The van der Waals surface area contributed by atoms with Crippen LogP contribution in [0.25, 0.3) is 0 Å². The third-order valence-corrected chi connectivity index (χ3v) is 18.1. The zero-order chi connectivity index (χ0) is 66.8. The molecule has 3 rings (SSSR count). The molecule has 1 amide bonds. The van der Waals surface area contributed by atoms with Gasteiger partial charge in [-0.05, 0) is 57.8 Å². The van der Waals surface area contributed by atoms with Crippen LogP contribution in [0.1, 0.15) is 264 Å². The van der Waals surface area contributed by atoms with E-state index in [1.807, 2.05) is 0 Å². The summed E-state index contributed by atoms with van der Waals surface area (Å²) in [4.78, 5) is 13.4. The highest BCUT2D eigenvalue weighted by molar-refractivity contribution is 5.76. The van der Waals surface area contributed by atoms with E-state index in [1.54, 1.807) is 0 Å². The van der Waals surface area contributed by atoms with Crippen molar-refractivity contribution >= 4 is 5.91 Å². The quantitative estimate of drug-likeness (QED) is 0.0199. The van der Waals surface area contributed by atoms with E-state index < -0.39 is 124 Å². The fourth-order valence-corrected chi connectivity index (χ4v) is 12.2. The minimum Gasteiger partial charge on any atom is -0.394 e. The lowest BCUT2D eigenvalue weighted by Gasteiger charge is -2.48. The van der Waals surface area contributed by atoms with Gasteiger partial charge in [0.1, 0.15) is 73.2 Å². The Balaban J connectivity index is 1.32. The van der Waals surface area contributed by atoms with Crippen molar-refractivity contribution in [2.75, 3.05) is 26.4 Å². The van der Waals surface area contributed by atoms with E-state index >= 15 is 0 Å².